The van der Waals surface area contributed by atoms with Gasteiger partial charge in [0.1, 0.15) is 0 Å². The quantitative estimate of drug-likeness (QED) is 0.875. The fourth-order valence-corrected chi connectivity index (χ4v) is 3.13. The molecule has 23 heavy (non-hydrogen) atoms. The average molecular weight is 319 g/mol. The van der Waals surface area contributed by atoms with Gasteiger partial charge in [-0.15, -0.1) is 0 Å². The van der Waals surface area contributed by atoms with E-state index in [1.54, 1.807) is 31.4 Å². The number of carboxylic acids is 1. The number of hydrogen-bond acceptors (Lipinski definition) is 3. The van der Waals surface area contributed by atoms with Crippen molar-refractivity contribution in [2.45, 2.75) is 32.1 Å². The third-order valence-electron chi connectivity index (χ3n) is 4.44. The maximum atomic E-state index is 12.6. The number of ether oxygens (including phenoxy) is 1. The highest BCUT2D eigenvalue weighted by Crippen LogP contribution is 2.21. The Balaban J connectivity index is 2.03. The maximum absolute atomic E-state index is 12.6. The van der Waals surface area contributed by atoms with Gasteiger partial charge in [-0.3, -0.25) is 4.79 Å². The number of rotatable bonds is 6. The van der Waals surface area contributed by atoms with Crippen LogP contribution < -0.4 is 0 Å². The number of methoxy groups -OCH3 is 1. The second-order valence-electron chi connectivity index (χ2n) is 6.12. The molecule has 1 heterocycles. The van der Waals surface area contributed by atoms with Crippen LogP contribution >= 0.6 is 0 Å². The van der Waals surface area contributed by atoms with Crippen molar-refractivity contribution >= 4 is 11.9 Å². The topological polar surface area (TPSA) is 66.8 Å². The number of amides is 1. The van der Waals surface area contributed by atoms with Crippen molar-refractivity contribution in [1.29, 1.82) is 0 Å². The number of likely N-dealkylation sites (tertiary alicyclic amines) is 1. The molecule has 1 fully saturated rings. The van der Waals surface area contributed by atoms with Crippen LogP contribution in [-0.4, -0.2) is 48.7 Å². The summed E-state index contributed by atoms with van der Waals surface area (Å²) in [5.41, 5.74) is 0.800. The second kappa shape index (κ2) is 8.67. The Morgan fingerprint density at radius 3 is 2.83 bits per heavy atom. The minimum atomic E-state index is -0.984. The summed E-state index contributed by atoms with van der Waals surface area (Å²) in [6.07, 6.45) is 4.38. The fraction of sp³-hybridized carbons (Fsp3) is 0.556. The molecule has 1 aliphatic heterocycles. The summed E-state index contributed by atoms with van der Waals surface area (Å²) in [6, 6.07) is 6.74. The first-order chi connectivity index (χ1) is 11.1. The SMILES string of the molecule is COCCC1CCCCN(C(=O)Cc2ccccc2C(=O)O)C1. The Morgan fingerprint density at radius 1 is 1.30 bits per heavy atom. The van der Waals surface area contributed by atoms with E-state index in [9.17, 15) is 14.7 Å². The van der Waals surface area contributed by atoms with Crippen LogP contribution in [0.1, 0.15) is 41.6 Å². The van der Waals surface area contributed by atoms with Gasteiger partial charge in [0.25, 0.3) is 0 Å². The highest BCUT2D eigenvalue weighted by atomic mass is 16.5. The molecule has 5 heteroatoms. The number of aromatic carboxylic acids is 1. The molecule has 0 saturated carbocycles. The average Bonchev–Trinajstić information content (AvgIpc) is 2.79. The summed E-state index contributed by atoms with van der Waals surface area (Å²) in [7, 11) is 1.70. The van der Waals surface area contributed by atoms with Gasteiger partial charge in [0, 0.05) is 26.8 Å². The summed E-state index contributed by atoms with van der Waals surface area (Å²) in [4.78, 5) is 25.8. The van der Waals surface area contributed by atoms with Gasteiger partial charge in [0.05, 0.1) is 12.0 Å². The molecule has 1 aromatic carbocycles. The normalized spacial score (nSPS) is 18.5. The van der Waals surface area contributed by atoms with Crippen LogP contribution in [0.2, 0.25) is 0 Å². The van der Waals surface area contributed by atoms with Crippen molar-refractivity contribution in [2.24, 2.45) is 5.92 Å². The van der Waals surface area contributed by atoms with Crippen LogP contribution in [0.4, 0.5) is 0 Å². The maximum Gasteiger partial charge on any atom is 0.335 e. The minimum Gasteiger partial charge on any atom is -0.478 e. The van der Waals surface area contributed by atoms with Crippen LogP contribution in [0, 0.1) is 5.92 Å². The predicted molar refractivity (Wildman–Crippen MR) is 87.5 cm³/mol. The van der Waals surface area contributed by atoms with Gasteiger partial charge in [-0.1, -0.05) is 24.6 Å². The second-order valence-corrected chi connectivity index (χ2v) is 6.12. The molecule has 0 radical (unpaired) electrons. The number of carboxylic acid groups (broad SMARTS) is 1. The molecule has 0 spiro atoms. The van der Waals surface area contributed by atoms with Crippen molar-refractivity contribution in [3.63, 3.8) is 0 Å². The Kier molecular flexibility index (Phi) is 6.59. The van der Waals surface area contributed by atoms with Gasteiger partial charge in [-0.05, 0) is 36.8 Å². The lowest BCUT2D eigenvalue weighted by atomic mass is 9.99. The summed E-state index contributed by atoms with van der Waals surface area (Å²) in [6.45, 7) is 2.23. The smallest absolute Gasteiger partial charge is 0.335 e. The minimum absolute atomic E-state index is 0.0167. The monoisotopic (exact) mass is 319 g/mol. The molecule has 0 bridgehead atoms. The number of hydrogen-bond donors (Lipinski definition) is 1. The lowest BCUT2D eigenvalue weighted by molar-refractivity contribution is -0.131. The van der Waals surface area contributed by atoms with Gasteiger partial charge in [-0.25, -0.2) is 4.79 Å². The molecule has 1 aliphatic rings. The van der Waals surface area contributed by atoms with Crippen molar-refractivity contribution < 1.29 is 19.4 Å². The fourth-order valence-electron chi connectivity index (χ4n) is 3.13. The van der Waals surface area contributed by atoms with Crippen molar-refractivity contribution in [2.75, 3.05) is 26.8 Å². The largest absolute Gasteiger partial charge is 0.478 e. The van der Waals surface area contributed by atoms with E-state index in [-0.39, 0.29) is 17.9 Å². The van der Waals surface area contributed by atoms with Crippen LogP contribution in [0.3, 0.4) is 0 Å². The van der Waals surface area contributed by atoms with E-state index < -0.39 is 5.97 Å². The third-order valence-corrected chi connectivity index (χ3v) is 4.44. The highest BCUT2D eigenvalue weighted by Gasteiger charge is 2.23. The molecular formula is C18H25NO4. The Hall–Kier alpha value is -1.88. The zero-order valence-corrected chi connectivity index (χ0v) is 13.7. The van der Waals surface area contributed by atoms with Crippen molar-refractivity contribution in [1.82, 2.24) is 4.90 Å². The molecular weight excluding hydrogens is 294 g/mol. The van der Waals surface area contributed by atoms with Gasteiger partial charge in [-0.2, -0.15) is 0 Å². The molecule has 1 amide bonds. The molecule has 126 valence electrons. The molecule has 2 rings (SSSR count). The summed E-state index contributed by atoms with van der Waals surface area (Å²) >= 11 is 0. The van der Waals surface area contributed by atoms with Crippen molar-refractivity contribution in [3.8, 4) is 0 Å². The lowest BCUT2D eigenvalue weighted by Crippen LogP contribution is -2.36. The molecule has 5 nitrogen and oxygen atoms in total. The van der Waals surface area contributed by atoms with E-state index in [1.807, 2.05) is 4.90 Å². The van der Waals surface area contributed by atoms with Crippen LogP contribution in [0.15, 0.2) is 24.3 Å². The molecule has 1 aromatic rings. The predicted octanol–water partition coefficient (Wildman–Crippen LogP) is 2.59. The van der Waals surface area contributed by atoms with E-state index in [0.29, 0.717) is 18.1 Å². The lowest BCUT2D eigenvalue weighted by Gasteiger charge is -2.25. The number of nitrogens with zero attached hydrogens (tertiary/aromatic N) is 1. The third kappa shape index (κ3) is 5.06. The first kappa shape index (κ1) is 17.5. The molecule has 1 saturated heterocycles. The molecule has 1 N–H and O–H groups in total. The Morgan fingerprint density at radius 2 is 2.09 bits per heavy atom. The molecule has 0 aliphatic carbocycles. The van der Waals surface area contributed by atoms with Crippen molar-refractivity contribution in [3.05, 3.63) is 35.4 Å². The highest BCUT2D eigenvalue weighted by molar-refractivity contribution is 5.91. The summed E-state index contributed by atoms with van der Waals surface area (Å²) in [5.74, 6) is -0.499. The van der Waals surface area contributed by atoms with Crippen LogP contribution in [0.25, 0.3) is 0 Å². The zero-order valence-electron chi connectivity index (χ0n) is 13.7. The summed E-state index contributed by atoms with van der Waals surface area (Å²) in [5, 5.41) is 9.23. The Labute approximate surface area is 137 Å². The zero-order chi connectivity index (χ0) is 16.7. The number of benzene rings is 1. The van der Waals surface area contributed by atoms with Gasteiger partial charge >= 0.3 is 5.97 Å². The molecule has 1 unspecified atom stereocenters. The van der Waals surface area contributed by atoms with Gasteiger partial charge in [0.15, 0.2) is 0 Å². The number of carbonyl (C=O) groups is 2. The standard InChI is InChI=1S/C18H25NO4/c1-23-11-9-14-6-4-5-10-19(13-14)17(20)12-15-7-2-3-8-16(15)18(21)22/h2-3,7-8,14H,4-6,9-13H2,1H3,(H,21,22). The van der Waals surface area contributed by atoms with E-state index >= 15 is 0 Å². The summed E-state index contributed by atoms with van der Waals surface area (Å²) < 4.78 is 5.15. The van der Waals surface area contributed by atoms with Gasteiger partial charge < -0.3 is 14.7 Å². The van der Waals surface area contributed by atoms with E-state index in [2.05, 4.69) is 0 Å². The van der Waals surface area contributed by atoms with Crippen LogP contribution in [0.5, 0.6) is 0 Å². The molecule has 1 atom stereocenters. The van der Waals surface area contributed by atoms with E-state index in [4.69, 9.17) is 4.74 Å². The van der Waals surface area contributed by atoms with E-state index in [1.165, 1.54) is 0 Å². The first-order valence-corrected chi connectivity index (χ1v) is 8.19. The van der Waals surface area contributed by atoms with E-state index in [0.717, 1.165) is 38.8 Å². The molecule has 0 aromatic heterocycles. The first-order valence-electron chi connectivity index (χ1n) is 8.19. The number of carbonyl (C=O) groups excluding carboxylic acids is 1. The Bertz CT molecular complexity index is 544. The van der Waals surface area contributed by atoms with Gasteiger partial charge in [0.2, 0.25) is 5.91 Å². The van der Waals surface area contributed by atoms with Crippen LogP contribution in [-0.2, 0) is 16.0 Å².